The van der Waals surface area contributed by atoms with E-state index in [0.717, 1.165) is 29.1 Å². The van der Waals surface area contributed by atoms with Gasteiger partial charge in [0.15, 0.2) is 0 Å². The first kappa shape index (κ1) is 15.4. The van der Waals surface area contributed by atoms with Gasteiger partial charge in [-0.1, -0.05) is 30.7 Å². The summed E-state index contributed by atoms with van der Waals surface area (Å²) in [5, 5.41) is 9.46. The van der Waals surface area contributed by atoms with Crippen molar-refractivity contribution in [3.63, 3.8) is 0 Å². The third-order valence-corrected chi connectivity index (χ3v) is 4.44. The van der Waals surface area contributed by atoms with Gasteiger partial charge in [-0.2, -0.15) is 0 Å². The van der Waals surface area contributed by atoms with E-state index in [1.807, 2.05) is 24.3 Å². The number of hydrogen-bond acceptors (Lipinski definition) is 4. The Hall–Kier alpha value is -1.49. The number of hydrogen-bond donors (Lipinski definition) is 1. The molecule has 1 unspecified atom stereocenters. The van der Waals surface area contributed by atoms with Gasteiger partial charge in [0.1, 0.15) is 11.3 Å². The molecule has 3 rings (SSSR count). The van der Waals surface area contributed by atoms with E-state index < -0.39 is 0 Å². The van der Waals surface area contributed by atoms with Crippen LogP contribution < -0.4 is 4.90 Å². The number of aliphatic hydroxyl groups excluding tert-OH is 1. The topological polar surface area (TPSA) is 39.1 Å². The quantitative estimate of drug-likeness (QED) is 0.673. The van der Waals surface area contributed by atoms with E-state index in [1.54, 1.807) is 12.3 Å². The second kappa shape index (κ2) is 6.32. The van der Waals surface area contributed by atoms with E-state index >= 15 is 0 Å². The molecule has 1 N–H and O–H groups in total. The summed E-state index contributed by atoms with van der Waals surface area (Å²) in [6, 6.07) is 8.15. The number of benzene rings is 1. The Balaban J connectivity index is 1.94. The number of fused-ring (bicyclic) bond motifs is 1. The zero-order chi connectivity index (χ0) is 15.7. The average molecular weight is 338 g/mol. The molecule has 0 radical (unpaired) electrons. The molecule has 1 atom stereocenters. The van der Waals surface area contributed by atoms with Crippen molar-refractivity contribution in [3.8, 4) is 0 Å². The molecule has 0 aliphatic carbocycles. The zero-order valence-electron chi connectivity index (χ0n) is 12.2. The zero-order valence-corrected chi connectivity index (χ0v) is 13.7. The Morgan fingerprint density at radius 1 is 1.27 bits per heavy atom. The second-order valence-electron chi connectivity index (χ2n) is 5.21. The summed E-state index contributed by atoms with van der Waals surface area (Å²) in [5.74, 6) is 0. The van der Waals surface area contributed by atoms with E-state index in [2.05, 4.69) is 11.8 Å². The SMILES string of the molecule is CCC1N=C2C=C(Cl)N(Cl)C=C2N1c1ccc(CCO)cc1. The maximum absolute atomic E-state index is 9.01. The van der Waals surface area contributed by atoms with Crippen LogP contribution in [-0.4, -0.2) is 28.0 Å². The van der Waals surface area contributed by atoms with Gasteiger partial charge in [0, 0.05) is 36.3 Å². The van der Waals surface area contributed by atoms with Crippen LogP contribution in [-0.2, 0) is 6.42 Å². The highest BCUT2D eigenvalue weighted by atomic mass is 35.5. The molecule has 2 aliphatic rings. The van der Waals surface area contributed by atoms with E-state index in [1.165, 1.54) is 4.42 Å². The summed E-state index contributed by atoms with van der Waals surface area (Å²) >= 11 is 12.2. The molecule has 0 amide bonds. The maximum Gasteiger partial charge on any atom is 0.126 e. The highest BCUT2D eigenvalue weighted by Crippen LogP contribution is 2.35. The molecule has 1 aromatic carbocycles. The number of aliphatic imine (C=N–C) groups is 1. The van der Waals surface area contributed by atoms with Gasteiger partial charge in [-0.3, -0.25) is 4.99 Å². The molecular formula is C16H17Cl2N3O. The van der Waals surface area contributed by atoms with Crippen LogP contribution in [0.15, 0.2) is 52.4 Å². The molecule has 6 heteroatoms. The van der Waals surface area contributed by atoms with Crippen molar-refractivity contribution < 1.29 is 5.11 Å². The molecule has 116 valence electrons. The molecule has 2 heterocycles. The fourth-order valence-electron chi connectivity index (χ4n) is 2.69. The molecule has 0 fully saturated rings. The molecule has 1 aromatic rings. The lowest BCUT2D eigenvalue weighted by atomic mass is 10.1. The normalized spacial score (nSPS) is 20.5. The molecule has 4 nitrogen and oxygen atoms in total. The highest BCUT2D eigenvalue weighted by molar-refractivity contribution is 6.36. The van der Waals surface area contributed by atoms with Crippen molar-refractivity contribution >= 4 is 34.8 Å². The van der Waals surface area contributed by atoms with E-state index in [9.17, 15) is 0 Å². The number of rotatable bonds is 4. The fourth-order valence-corrected chi connectivity index (χ4v) is 2.98. The van der Waals surface area contributed by atoms with Gasteiger partial charge in [-0.25, -0.2) is 4.42 Å². The van der Waals surface area contributed by atoms with Crippen molar-refractivity contribution in [2.45, 2.75) is 25.9 Å². The Morgan fingerprint density at radius 2 is 2.00 bits per heavy atom. The minimum absolute atomic E-state index is 0.0359. The number of aliphatic hydroxyl groups is 1. The summed E-state index contributed by atoms with van der Waals surface area (Å²) in [6.07, 6.45) is 5.16. The van der Waals surface area contributed by atoms with Gasteiger partial charge in [-0.15, -0.1) is 0 Å². The smallest absolute Gasteiger partial charge is 0.126 e. The molecule has 0 saturated carbocycles. The van der Waals surface area contributed by atoms with Crippen LogP contribution in [0, 0.1) is 0 Å². The summed E-state index contributed by atoms with van der Waals surface area (Å²) in [4.78, 5) is 6.88. The Bertz CT molecular complexity index is 652. The predicted molar refractivity (Wildman–Crippen MR) is 90.9 cm³/mol. The monoisotopic (exact) mass is 337 g/mol. The summed E-state index contributed by atoms with van der Waals surface area (Å²) in [6.45, 7) is 2.26. The van der Waals surface area contributed by atoms with Crippen LogP contribution in [0.1, 0.15) is 18.9 Å². The van der Waals surface area contributed by atoms with Gasteiger partial charge in [0.2, 0.25) is 0 Å². The molecule has 0 spiro atoms. The fraction of sp³-hybridized carbons (Fsp3) is 0.312. The lowest BCUT2D eigenvalue weighted by Crippen LogP contribution is -2.30. The van der Waals surface area contributed by atoms with Crippen LogP contribution in [0.4, 0.5) is 5.69 Å². The number of halogens is 2. The average Bonchev–Trinajstić information content (AvgIpc) is 2.86. The van der Waals surface area contributed by atoms with Crippen LogP contribution in [0.25, 0.3) is 0 Å². The minimum Gasteiger partial charge on any atom is -0.396 e. The van der Waals surface area contributed by atoms with Crippen molar-refractivity contribution in [1.82, 2.24) is 4.42 Å². The Labute approximate surface area is 140 Å². The summed E-state index contributed by atoms with van der Waals surface area (Å²) < 4.78 is 1.38. The number of nitrogens with zero attached hydrogens (tertiary/aromatic N) is 3. The predicted octanol–water partition coefficient (Wildman–Crippen LogP) is 3.61. The first-order valence-electron chi connectivity index (χ1n) is 7.25. The highest BCUT2D eigenvalue weighted by Gasteiger charge is 2.32. The largest absolute Gasteiger partial charge is 0.396 e. The minimum atomic E-state index is 0.0359. The Kier molecular flexibility index (Phi) is 4.43. The van der Waals surface area contributed by atoms with Gasteiger partial charge in [0.25, 0.3) is 0 Å². The van der Waals surface area contributed by atoms with Crippen molar-refractivity contribution in [2.24, 2.45) is 4.99 Å². The van der Waals surface area contributed by atoms with Crippen molar-refractivity contribution in [3.05, 3.63) is 53.0 Å². The van der Waals surface area contributed by atoms with Crippen LogP contribution in [0.3, 0.4) is 0 Å². The third kappa shape index (κ3) is 2.74. The van der Waals surface area contributed by atoms with Crippen LogP contribution >= 0.6 is 23.4 Å². The van der Waals surface area contributed by atoms with Crippen LogP contribution in [0.2, 0.25) is 0 Å². The van der Waals surface area contributed by atoms with Crippen molar-refractivity contribution in [1.29, 1.82) is 0 Å². The number of anilines is 1. The third-order valence-electron chi connectivity index (χ3n) is 3.78. The van der Waals surface area contributed by atoms with Gasteiger partial charge in [0.05, 0.1) is 11.4 Å². The van der Waals surface area contributed by atoms with Crippen molar-refractivity contribution in [2.75, 3.05) is 11.5 Å². The molecule has 0 saturated heterocycles. The van der Waals surface area contributed by atoms with E-state index in [4.69, 9.17) is 33.5 Å². The van der Waals surface area contributed by atoms with Gasteiger partial charge < -0.3 is 10.0 Å². The molecule has 0 bridgehead atoms. The lowest BCUT2D eigenvalue weighted by molar-refractivity contribution is 0.299. The standard InChI is InChI=1S/C16H17Cl2N3O/c1-2-16-19-13-9-15(17)20(18)10-14(13)21(16)12-5-3-11(4-6-12)7-8-22/h3-6,9-10,16,22H,2,7-8H2,1H3. The lowest BCUT2D eigenvalue weighted by Gasteiger charge is -2.28. The molecule has 0 aromatic heterocycles. The van der Waals surface area contributed by atoms with Crippen LogP contribution in [0.5, 0.6) is 0 Å². The Morgan fingerprint density at radius 3 is 2.64 bits per heavy atom. The maximum atomic E-state index is 9.01. The molecule has 2 aliphatic heterocycles. The molecule has 22 heavy (non-hydrogen) atoms. The first-order chi connectivity index (χ1) is 10.6. The summed E-state index contributed by atoms with van der Waals surface area (Å²) in [5.41, 5.74) is 3.96. The molecular weight excluding hydrogens is 321 g/mol. The first-order valence-corrected chi connectivity index (χ1v) is 7.97. The summed E-state index contributed by atoms with van der Waals surface area (Å²) in [7, 11) is 0. The van der Waals surface area contributed by atoms with Gasteiger partial charge in [-0.05, 0) is 30.5 Å². The number of allylic oxidation sites excluding steroid dienone is 1. The van der Waals surface area contributed by atoms with E-state index in [-0.39, 0.29) is 12.8 Å². The van der Waals surface area contributed by atoms with Gasteiger partial charge >= 0.3 is 0 Å². The van der Waals surface area contributed by atoms with E-state index in [0.29, 0.717) is 11.6 Å². The second-order valence-corrected chi connectivity index (χ2v) is 5.96.